The molecule has 0 aromatic rings. The molecule has 0 saturated heterocycles. The monoisotopic (exact) mass is 185 g/mol. The molecule has 0 saturated carbocycles. The highest BCUT2D eigenvalue weighted by atomic mass is 19.4. The zero-order valence-corrected chi connectivity index (χ0v) is 6.72. The van der Waals surface area contributed by atoms with Crippen LogP contribution < -0.4 is 0 Å². The number of aliphatic carboxylic acids is 1. The van der Waals surface area contributed by atoms with Crippen LogP contribution in [0.15, 0.2) is 0 Å². The number of halogens is 3. The largest absolute Gasteiger partial charge is 0.478 e. The van der Waals surface area contributed by atoms with Gasteiger partial charge in [0.15, 0.2) is 0 Å². The molecule has 0 amide bonds. The van der Waals surface area contributed by atoms with Crippen LogP contribution in [0.5, 0.6) is 0 Å². The number of hydrogen-bond acceptors (Lipinski definition) is 2. The molecule has 72 valence electrons. The fraction of sp³-hybridized carbons (Fsp3) is 0.833. The lowest BCUT2D eigenvalue weighted by Crippen LogP contribution is -2.44. The quantitative estimate of drug-likeness (QED) is 0.536. The molecule has 0 aliphatic carbocycles. The van der Waals surface area contributed by atoms with Crippen molar-refractivity contribution in [3.63, 3.8) is 0 Å². The molecule has 0 rings (SSSR count). The van der Waals surface area contributed by atoms with E-state index in [9.17, 15) is 18.1 Å². The molecule has 0 aliphatic heterocycles. The third-order valence-corrected chi connectivity index (χ3v) is 1.27. The average Bonchev–Trinajstić information content (AvgIpc) is 1.84. The predicted octanol–water partition coefficient (Wildman–Crippen LogP) is 1.85. The van der Waals surface area contributed by atoms with E-state index >= 15 is 0 Å². The van der Waals surface area contributed by atoms with Gasteiger partial charge in [-0.3, -0.25) is 0 Å². The molecular formula is C6H10F3NO2. The minimum absolute atomic E-state index is 0.458. The third-order valence-electron chi connectivity index (χ3n) is 1.27. The van der Waals surface area contributed by atoms with Crippen molar-refractivity contribution in [2.75, 3.05) is 0 Å². The molecule has 1 atom stereocenters. The minimum atomic E-state index is -3.56. The Balaban J connectivity index is 4.51. The smallest absolute Gasteiger partial charge is 0.362 e. The number of nitrogens with zero attached hydrogens (tertiary/aromatic N) is 1. The number of carbonyl (C=O) groups is 1. The first-order valence-electron chi connectivity index (χ1n) is 3.34. The molecule has 0 bridgehead atoms. The lowest BCUT2D eigenvalue weighted by Gasteiger charge is -2.21. The fourth-order valence-corrected chi connectivity index (χ4v) is 0.770. The topological polar surface area (TPSA) is 40.5 Å². The first-order valence-corrected chi connectivity index (χ1v) is 3.34. The van der Waals surface area contributed by atoms with Crippen LogP contribution in [0.1, 0.15) is 20.3 Å². The lowest BCUT2D eigenvalue weighted by atomic mass is 10.0. The molecule has 0 spiro atoms. The summed E-state index contributed by atoms with van der Waals surface area (Å²) < 4.78 is 36.4. The maximum absolute atomic E-state index is 12.9. The summed E-state index contributed by atoms with van der Waals surface area (Å²) in [6.45, 7) is 2.92. The van der Waals surface area contributed by atoms with Crippen LogP contribution in [0.2, 0.25) is 0 Å². The highest BCUT2D eigenvalue weighted by Crippen LogP contribution is 2.27. The summed E-state index contributed by atoms with van der Waals surface area (Å²) in [7, 11) is 0. The van der Waals surface area contributed by atoms with Crippen molar-refractivity contribution >= 4 is 5.97 Å². The van der Waals surface area contributed by atoms with E-state index in [1.54, 1.807) is 0 Å². The van der Waals surface area contributed by atoms with E-state index in [1.165, 1.54) is 13.8 Å². The number of carboxylic acids is 1. The van der Waals surface area contributed by atoms with Gasteiger partial charge in [0.25, 0.3) is 0 Å². The van der Waals surface area contributed by atoms with Gasteiger partial charge in [-0.05, 0) is 5.92 Å². The highest BCUT2D eigenvalue weighted by molar-refractivity contribution is 5.76. The van der Waals surface area contributed by atoms with Crippen LogP contribution in [-0.4, -0.2) is 22.2 Å². The molecule has 0 fully saturated rings. The van der Waals surface area contributed by atoms with E-state index in [1.807, 2.05) is 0 Å². The summed E-state index contributed by atoms with van der Waals surface area (Å²) in [4.78, 5) is 10.1. The van der Waals surface area contributed by atoms with Crippen LogP contribution in [0.4, 0.5) is 13.4 Å². The van der Waals surface area contributed by atoms with Crippen molar-refractivity contribution in [3.8, 4) is 0 Å². The molecule has 0 aromatic heterocycles. The van der Waals surface area contributed by atoms with Crippen LogP contribution >= 0.6 is 0 Å². The molecule has 0 aliphatic rings. The molecule has 12 heavy (non-hydrogen) atoms. The van der Waals surface area contributed by atoms with E-state index in [2.05, 4.69) is 0 Å². The van der Waals surface area contributed by atoms with Gasteiger partial charge in [-0.2, -0.15) is 0 Å². The van der Waals surface area contributed by atoms with Crippen molar-refractivity contribution in [1.29, 1.82) is 0 Å². The molecule has 0 heterocycles. The third kappa shape index (κ3) is 2.37. The first-order chi connectivity index (χ1) is 5.30. The molecule has 1 N–H and O–H groups in total. The van der Waals surface area contributed by atoms with Crippen LogP contribution in [0.3, 0.4) is 0 Å². The first kappa shape index (κ1) is 11.2. The standard InChI is InChI=1S/C6H10F3NO2/c1-4(2)3-6(7,5(11)12)10(8)9/h4H,3H2,1-2H3,(H,11,12)/t6-/m0/s1. The summed E-state index contributed by atoms with van der Waals surface area (Å²) in [6, 6.07) is 0. The van der Waals surface area contributed by atoms with Crippen molar-refractivity contribution < 1.29 is 23.3 Å². The summed E-state index contributed by atoms with van der Waals surface area (Å²) in [5.74, 6) is -6.19. The fourth-order valence-electron chi connectivity index (χ4n) is 0.770. The van der Waals surface area contributed by atoms with Crippen molar-refractivity contribution in [2.45, 2.75) is 26.1 Å². The number of rotatable bonds is 4. The van der Waals surface area contributed by atoms with Gasteiger partial charge in [0.2, 0.25) is 0 Å². The van der Waals surface area contributed by atoms with Gasteiger partial charge in [0.05, 0.1) is 5.34 Å². The number of carboxylic acid groups (broad SMARTS) is 1. The Bertz CT molecular complexity index is 174. The second kappa shape index (κ2) is 3.75. The van der Waals surface area contributed by atoms with Gasteiger partial charge in [-0.15, -0.1) is 0 Å². The van der Waals surface area contributed by atoms with Gasteiger partial charge < -0.3 is 5.11 Å². The maximum Gasteiger partial charge on any atom is 0.362 e. The van der Waals surface area contributed by atoms with E-state index in [4.69, 9.17) is 5.11 Å². The molecule has 0 aromatic carbocycles. The summed E-state index contributed by atoms with van der Waals surface area (Å²) >= 11 is 0. The van der Waals surface area contributed by atoms with Gasteiger partial charge in [-0.25, -0.2) is 9.18 Å². The summed E-state index contributed by atoms with van der Waals surface area (Å²) in [5.41, 5.74) is 0. The SMILES string of the molecule is CC(C)C[C@@](F)(C(=O)O)N(F)F. The summed E-state index contributed by atoms with van der Waals surface area (Å²) in [5, 5.41) is 6.25. The van der Waals surface area contributed by atoms with E-state index in [0.29, 0.717) is 0 Å². The molecule has 6 heteroatoms. The average molecular weight is 185 g/mol. The van der Waals surface area contributed by atoms with Crippen molar-refractivity contribution in [1.82, 2.24) is 5.34 Å². The minimum Gasteiger partial charge on any atom is -0.478 e. The molecule has 3 nitrogen and oxygen atoms in total. The van der Waals surface area contributed by atoms with Crippen molar-refractivity contribution in [2.24, 2.45) is 5.92 Å². The number of alkyl halides is 1. The second-order valence-electron chi connectivity index (χ2n) is 2.90. The van der Waals surface area contributed by atoms with Gasteiger partial charge >= 0.3 is 11.8 Å². The normalized spacial score (nSPS) is 16.6. The Morgan fingerprint density at radius 2 is 2.00 bits per heavy atom. The van der Waals surface area contributed by atoms with Crippen LogP contribution in [0.25, 0.3) is 0 Å². The Labute approximate surface area is 67.6 Å². The Kier molecular flexibility index (Phi) is 3.51. The number of hydrogen-bond donors (Lipinski definition) is 1. The molecular weight excluding hydrogens is 175 g/mol. The van der Waals surface area contributed by atoms with Crippen LogP contribution in [-0.2, 0) is 4.79 Å². The van der Waals surface area contributed by atoms with E-state index in [-0.39, 0.29) is 0 Å². The second-order valence-corrected chi connectivity index (χ2v) is 2.90. The molecule has 0 radical (unpaired) electrons. The van der Waals surface area contributed by atoms with Gasteiger partial charge in [0, 0.05) is 6.42 Å². The predicted molar refractivity (Wildman–Crippen MR) is 35.0 cm³/mol. The highest BCUT2D eigenvalue weighted by Gasteiger charge is 2.48. The Hall–Kier alpha value is -0.780. The maximum atomic E-state index is 12.9. The Morgan fingerprint density at radius 3 is 2.08 bits per heavy atom. The zero-order valence-electron chi connectivity index (χ0n) is 6.72. The lowest BCUT2D eigenvalue weighted by molar-refractivity contribution is -0.280. The van der Waals surface area contributed by atoms with Gasteiger partial charge in [0.1, 0.15) is 0 Å². The van der Waals surface area contributed by atoms with E-state index in [0.717, 1.165) is 0 Å². The van der Waals surface area contributed by atoms with Crippen LogP contribution in [0, 0.1) is 5.92 Å². The Morgan fingerprint density at radius 1 is 1.58 bits per heavy atom. The summed E-state index contributed by atoms with van der Waals surface area (Å²) in [6.07, 6.45) is -0.741. The van der Waals surface area contributed by atoms with Gasteiger partial charge in [-0.1, -0.05) is 22.8 Å². The van der Waals surface area contributed by atoms with Crippen molar-refractivity contribution in [3.05, 3.63) is 0 Å². The molecule has 0 unspecified atom stereocenters. The zero-order chi connectivity index (χ0) is 9.94. The van der Waals surface area contributed by atoms with E-state index < -0.39 is 29.4 Å².